The molecular weight excluding hydrogens is 209 g/mol. The van der Waals surface area contributed by atoms with Crippen LogP contribution in [-0.4, -0.2) is 17.4 Å². The molecule has 0 saturated heterocycles. The van der Waals surface area contributed by atoms with Crippen molar-refractivity contribution in [2.75, 3.05) is 11.9 Å². The van der Waals surface area contributed by atoms with Crippen LogP contribution < -0.4 is 11.1 Å². The highest BCUT2D eigenvalue weighted by Gasteiger charge is 2.42. The molecule has 2 rings (SSSR count). The first kappa shape index (κ1) is 11.0. The second-order valence-corrected chi connectivity index (χ2v) is 4.15. The van der Waals surface area contributed by atoms with Crippen LogP contribution in [-0.2, 0) is 4.79 Å². The van der Waals surface area contributed by atoms with Gasteiger partial charge in [-0.25, -0.2) is 4.39 Å². The summed E-state index contributed by atoms with van der Waals surface area (Å²) in [5.74, 6) is -0.714. The van der Waals surface area contributed by atoms with Crippen LogP contribution in [0.2, 0.25) is 0 Å². The van der Waals surface area contributed by atoms with Gasteiger partial charge < -0.3 is 11.1 Å². The van der Waals surface area contributed by atoms with Gasteiger partial charge in [0.05, 0.1) is 17.3 Å². The lowest BCUT2D eigenvalue weighted by molar-refractivity contribution is -0.129. The summed E-state index contributed by atoms with van der Waals surface area (Å²) in [6.07, 6.45) is 5.08. The number of nitrogens with zero attached hydrogens (tertiary/aromatic N) is 1. The average Bonchev–Trinajstić information content (AvgIpc) is 2.21. The number of hydrogen-bond donors (Lipinski definition) is 2. The van der Waals surface area contributed by atoms with Crippen molar-refractivity contribution in [1.82, 2.24) is 4.98 Å². The van der Waals surface area contributed by atoms with E-state index in [4.69, 9.17) is 5.73 Å². The van der Waals surface area contributed by atoms with Crippen LogP contribution in [0, 0.1) is 11.2 Å². The number of anilines is 1. The Balaban J connectivity index is 2.10. The maximum atomic E-state index is 13.3. The number of halogens is 1. The molecule has 4 nitrogen and oxygen atoms in total. The van der Waals surface area contributed by atoms with Crippen LogP contribution in [0.4, 0.5) is 10.1 Å². The molecule has 1 amide bonds. The van der Waals surface area contributed by atoms with Crippen molar-refractivity contribution in [1.29, 1.82) is 0 Å². The quantitative estimate of drug-likeness (QED) is 0.811. The minimum atomic E-state index is -0.526. The van der Waals surface area contributed by atoms with E-state index in [-0.39, 0.29) is 11.6 Å². The maximum absolute atomic E-state index is 13.3. The third-order valence-corrected chi connectivity index (χ3v) is 3.20. The predicted octanol–water partition coefficient (Wildman–Crippen LogP) is 1.29. The number of nitrogens with two attached hydrogens (primary N) is 1. The monoisotopic (exact) mass is 223 g/mol. The van der Waals surface area contributed by atoms with E-state index in [1.807, 2.05) is 0 Å². The van der Waals surface area contributed by atoms with Gasteiger partial charge in [-0.3, -0.25) is 9.78 Å². The van der Waals surface area contributed by atoms with Crippen LogP contribution in [0.3, 0.4) is 0 Å². The molecule has 0 bridgehead atoms. The summed E-state index contributed by atoms with van der Waals surface area (Å²) < 4.78 is 13.3. The normalized spacial score (nSPS) is 17.6. The minimum absolute atomic E-state index is 0.166. The molecule has 1 fully saturated rings. The van der Waals surface area contributed by atoms with Gasteiger partial charge in [-0.1, -0.05) is 6.42 Å². The molecular formula is C11H14FN3O. The van der Waals surface area contributed by atoms with Crippen molar-refractivity contribution >= 4 is 11.6 Å². The Hall–Kier alpha value is -1.49. The number of rotatable bonds is 3. The molecule has 0 unspecified atom stereocenters. The molecule has 0 atom stereocenters. The van der Waals surface area contributed by atoms with Gasteiger partial charge in [0.2, 0.25) is 5.91 Å². The molecule has 0 radical (unpaired) electrons. The van der Waals surface area contributed by atoms with Crippen molar-refractivity contribution < 1.29 is 9.18 Å². The highest BCUT2D eigenvalue weighted by atomic mass is 19.1. The Bertz CT molecular complexity index is 398. The summed E-state index contributed by atoms with van der Waals surface area (Å²) in [5.41, 5.74) is 5.27. The Morgan fingerprint density at radius 3 is 2.88 bits per heavy atom. The zero-order valence-electron chi connectivity index (χ0n) is 8.87. The highest BCUT2D eigenvalue weighted by molar-refractivity contribution is 5.96. The molecule has 1 aromatic heterocycles. The topological polar surface area (TPSA) is 68.0 Å². The minimum Gasteiger partial charge on any atom is -0.329 e. The third kappa shape index (κ3) is 1.78. The van der Waals surface area contributed by atoms with E-state index < -0.39 is 11.2 Å². The average molecular weight is 223 g/mol. The Kier molecular flexibility index (Phi) is 2.87. The van der Waals surface area contributed by atoms with Crippen LogP contribution in [0.5, 0.6) is 0 Å². The fourth-order valence-corrected chi connectivity index (χ4v) is 1.86. The van der Waals surface area contributed by atoms with E-state index in [0.717, 1.165) is 25.5 Å². The van der Waals surface area contributed by atoms with Crippen LogP contribution in [0.15, 0.2) is 18.5 Å². The Labute approximate surface area is 93.1 Å². The second-order valence-electron chi connectivity index (χ2n) is 4.15. The number of aromatic nitrogens is 1. The molecule has 1 aliphatic carbocycles. The number of nitrogens with one attached hydrogen (secondary N) is 1. The summed E-state index contributed by atoms with van der Waals surface area (Å²) in [6.45, 7) is 0.311. The molecule has 0 aromatic carbocycles. The van der Waals surface area contributed by atoms with E-state index in [2.05, 4.69) is 10.3 Å². The summed E-state index contributed by atoms with van der Waals surface area (Å²) in [7, 11) is 0. The first-order valence-corrected chi connectivity index (χ1v) is 5.29. The van der Waals surface area contributed by atoms with Crippen LogP contribution in [0.25, 0.3) is 0 Å². The van der Waals surface area contributed by atoms with Crippen molar-refractivity contribution in [2.45, 2.75) is 19.3 Å². The van der Waals surface area contributed by atoms with Gasteiger partial charge >= 0.3 is 0 Å². The molecule has 1 heterocycles. The molecule has 1 aliphatic rings. The van der Waals surface area contributed by atoms with Gasteiger partial charge in [-0.15, -0.1) is 0 Å². The van der Waals surface area contributed by atoms with Gasteiger partial charge in [-0.2, -0.15) is 0 Å². The lowest BCUT2D eigenvalue weighted by Crippen LogP contribution is -2.47. The van der Waals surface area contributed by atoms with Gasteiger partial charge in [0, 0.05) is 12.7 Å². The predicted molar refractivity (Wildman–Crippen MR) is 58.2 cm³/mol. The van der Waals surface area contributed by atoms with Gasteiger partial charge in [-0.05, 0) is 18.9 Å². The first-order valence-electron chi connectivity index (χ1n) is 5.29. The van der Waals surface area contributed by atoms with Crippen molar-refractivity contribution in [3.05, 3.63) is 24.3 Å². The standard InChI is InChI=1S/C11H14FN3O/c12-8-6-14-5-2-9(8)15-10(16)11(7-13)3-1-4-11/h2,5-6H,1,3-4,7,13H2,(H,14,15,16). The number of hydrogen-bond acceptors (Lipinski definition) is 3. The summed E-state index contributed by atoms with van der Waals surface area (Å²) in [6, 6.07) is 1.44. The Morgan fingerprint density at radius 2 is 2.38 bits per heavy atom. The number of pyridine rings is 1. The van der Waals surface area contributed by atoms with E-state index >= 15 is 0 Å². The number of carbonyl (C=O) groups is 1. The molecule has 3 N–H and O–H groups in total. The van der Waals surface area contributed by atoms with E-state index in [1.54, 1.807) is 0 Å². The molecule has 86 valence electrons. The van der Waals surface area contributed by atoms with Crippen LogP contribution >= 0.6 is 0 Å². The van der Waals surface area contributed by atoms with Crippen molar-refractivity contribution in [2.24, 2.45) is 11.1 Å². The molecule has 0 aliphatic heterocycles. The zero-order valence-corrected chi connectivity index (χ0v) is 8.87. The van der Waals surface area contributed by atoms with Crippen molar-refractivity contribution in [3.63, 3.8) is 0 Å². The maximum Gasteiger partial charge on any atom is 0.231 e. The smallest absolute Gasteiger partial charge is 0.231 e. The first-order chi connectivity index (χ1) is 7.68. The third-order valence-electron chi connectivity index (χ3n) is 3.20. The Morgan fingerprint density at radius 1 is 1.62 bits per heavy atom. The largest absolute Gasteiger partial charge is 0.329 e. The molecule has 1 saturated carbocycles. The lowest BCUT2D eigenvalue weighted by atomic mass is 9.68. The number of amides is 1. The fourth-order valence-electron chi connectivity index (χ4n) is 1.86. The number of carbonyl (C=O) groups excluding carboxylic acids is 1. The summed E-state index contributed by atoms with van der Waals surface area (Å²) in [4.78, 5) is 15.5. The molecule has 1 aromatic rings. The van der Waals surface area contributed by atoms with E-state index in [1.165, 1.54) is 12.3 Å². The van der Waals surface area contributed by atoms with Crippen LogP contribution in [0.1, 0.15) is 19.3 Å². The molecule has 5 heteroatoms. The summed E-state index contributed by atoms with van der Waals surface area (Å²) >= 11 is 0. The second kappa shape index (κ2) is 4.17. The zero-order chi connectivity index (χ0) is 11.6. The van der Waals surface area contributed by atoms with Gasteiger partial charge in [0.25, 0.3) is 0 Å². The lowest BCUT2D eigenvalue weighted by Gasteiger charge is -2.39. The van der Waals surface area contributed by atoms with Gasteiger partial charge in [0.1, 0.15) is 0 Å². The highest BCUT2D eigenvalue weighted by Crippen LogP contribution is 2.40. The van der Waals surface area contributed by atoms with E-state index in [0.29, 0.717) is 6.54 Å². The van der Waals surface area contributed by atoms with Crippen molar-refractivity contribution in [3.8, 4) is 0 Å². The SMILES string of the molecule is NCC1(C(=O)Nc2ccncc2F)CCC1. The van der Waals surface area contributed by atoms with Gasteiger partial charge in [0.15, 0.2) is 5.82 Å². The van der Waals surface area contributed by atoms with E-state index in [9.17, 15) is 9.18 Å². The fraction of sp³-hybridized carbons (Fsp3) is 0.455. The molecule has 16 heavy (non-hydrogen) atoms. The summed E-state index contributed by atoms with van der Waals surface area (Å²) in [5, 5.41) is 2.57. The molecule has 0 spiro atoms.